The molecular weight excluding hydrogens is 340 g/mol. The van der Waals surface area contributed by atoms with Crippen molar-refractivity contribution in [3.8, 4) is 11.5 Å². The average molecular weight is 355 g/mol. The Labute approximate surface area is 139 Å². The summed E-state index contributed by atoms with van der Waals surface area (Å²) in [6.07, 6.45) is 1.38. The monoisotopic (exact) mass is 354 g/mol. The van der Waals surface area contributed by atoms with E-state index in [-0.39, 0.29) is 15.7 Å². The molecule has 0 fully saturated rings. The molecule has 0 aliphatic carbocycles. The molecule has 0 spiro atoms. The first-order valence-electron chi connectivity index (χ1n) is 6.49. The van der Waals surface area contributed by atoms with Crippen LogP contribution in [0.25, 0.3) is 0 Å². The van der Waals surface area contributed by atoms with Gasteiger partial charge in [0, 0.05) is 5.02 Å². The molecule has 2 rings (SSSR count). The highest BCUT2D eigenvalue weighted by atomic mass is 35.5. The van der Waals surface area contributed by atoms with Crippen molar-refractivity contribution in [1.82, 2.24) is 4.83 Å². The van der Waals surface area contributed by atoms with Crippen molar-refractivity contribution in [3.05, 3.63) is 53.1 Å². The molecule has 2 aromatic carbocycles. The van der Waals surface area contributed by atoms with E-state index in [0.717, 1.165) is 0 Å². The van der Waals surface area contributed by atoms with Crippen molar-refractivity contribution in [2.24, 2.45) is 5.10 Å². The number of benzene rings is 2. The zero-order chi connectivity index (χ0) is 16.9. The Morgan fingerprint density at radius 2 is 1.78 bits per heavy atom. The summed E-state index contributed by atoms with van der Waals surface area (Å²) in [5.74, 6) is 0.882. The van der Waals surface area contributed by atoms with Crippen molar-refractivity contribution < 1.29 is 17.9 Å². The highest BCUT2D eigenvalue weighted by Gasteiger charge is 2.19. The van der Waals surface area contributed by atoms with Crippen LogP contribution in [-0.2, 0) is 10.0 Å². The SMILES string of the molecule is COc1ccc(/C=N/NS(=O)(=O)c2cc(Cl)ccc2OC)cc1. The first kappa shape index (κ1) is 17.1. The third-order valence-electron chi connectivity index (χ3n) is 2.92. The van der Waals surface area contributed by atoms with Gasteiger partial charge in [-0.3, -0.25) is 0 Å². The quantitative estimate of drug-likeness (QED) is 0.639. The Morgan fingerprint density at radius 3 is 2.39 bits per heavy atom. The topological polar surface area (TPSA) is 77.0 Å². The Kier molecular flexibility index (Phi) is 5.46. The van der Waals surface area contributed by atoms with Gasteiger partial charge in [0.2, 0.25) is 0 Å². The molecule has 0 amide bonds. The van der Waals surface area contributed by atoms with E-state index >= 15 is 0 Å². The lowest BCUT2D eigenvalue weighted by atomic mass is 10.2. The van der Waals surface area contributed by atoms with Crippen LogP contribution in [0, 0.1) is 0 Å². The van der Waals surface area contributed by atoms with Crippen molar-refractivity contribution in [3.63, 3.8) is 0 Å². The van der Waals surface area contributed by atoms with Crippen LogP contribution >= 0.6 is 11.6 Å². The number of hydrazone groups is 1. The summed E-state index contributed by atoms with van der Waals surface area (Å²) in [4.78, 5) is 2.04. The third-order valence-corrected chi connectivity index (χ3v) is 4.40. The van der Waals surface area contributed by atoms with Gasteiger partial charge in [0.15, 0.2) is 0 Å². The van der Waals surface area contributed by atoms with Gasteiger partial charge in [-0.1, -0.05) is 11.6 Å². The van der Waals surface area contributed by atoms with Crippen LogP contribution in [0.4, 0.5) is 0 Å². The molecule has 122 valence electrons. The first-order valence-corrected chi connectivity index (χ1v) is 8.35. The number of hydrogen-bond acceptors (Lipinski definition) is 5. The van der Waals surface area contributed by atoms with Gasteiger partial charge >= 0.3 is 0 Å². The van der Waals surface area contributed by atoms with Gasteiger partial charge in [-0.15, -0.1) is 0 Å². The Hall–Kier alpha value is -2.25. The van der Waals surface area contributed by atoms with E-state index < -0.39 is 10.0 Å². The lowest BCUT2D eigenvalue weighted by Gasteiger charge is -2.09. The number of methoxy groups -OCH3 is 2. The van der Waals surface area contributed by atoms with E-state index in [1.165, 1.54) is 25.5 Å². The van der Waals surface area contributed by atoms with Gasteiger partial charge in [-0.05, 0) is 48.0 Å². The van der Waals surface area contributed by atoms with E-state index in [9.17, 15) is 8.42 Å². The van der Waals surface area contributed by atoms with E-state index in [4.69, 9.17) is 21.1 Å². The molecule has 1 N–H and O–H groups in total. The Morgan fingerprint density at radius 1 is 1.09 bits per heavy atom. The second-order valence-electron chi connectivity index (χ2n) is 4.42. The fourth-order valence-corrected chi connectivity index (χ4v) is 2.99. The second kappa shape index (κ2) is 7.34. The molecule has 6 nitrogen and oxygen atoms in total. The summed E-state index contributed by atoms with van der Waals surface area (Å²) in [5.41, 5.74) is 0.714. The summed E-state index contributed by atoms with van der Waals surface area (Å²) in [6, 6.07) is 11.3. The summed E-state index contributed by atoms with van der Waals surface area (Å²) in [5, 5.41) is 4.03. The second-order valence-corrected chi connectivity index (χ2v) is 6.49. The first-order chi connectivity index (χ1) is 11.0. The third kappa shape index (κ3) is 4.37. The number of rotatable bonds is 6. The van der Waals surface area contributed by atoms with Gasteiger partial charge in [-0.2, -0.15) is 18.4 Å². The van der Waals surface area contributed by atoms with Gasteiger partial charge < -0.3 is 9.47 Å². The molecule has 0 saturated carbocycles. The van der Waals surface area contributed by atoms with Crippen molar-refractivity contribution in [2.75, 3.05) is 14.2 Å². The van der Waals surface area contributed by atoms with Gasteiger partial charge in [-0.25, -0.2) is 0 Å². The zero-order valence-corrected chi connectivity index (χ0v) is 14.1. The maximum absolute atomic E-state index is 12.3. The Balaban J connectivity index is 2.18. The highest BCUT2D eigenvalue weighted by molar-refractivity contribution is 7.89. The summed E-state index contributed by atoms with van der Waals surface area (Å²) >= 11 is 5.84. The van der Waals surface area contributed by atoms with Crippen LogP contribution in [0.3, 0.4) is 0 Å². The predicted octanol–water partition coefficient (Wildman–Crippen LogP) is 2.67. The summed E-state index contributed by atoms with van der Waals surface area (Å²) in [7, 11) is -0.948. The summed E-state index contributed by atoms with van der Waals surface area (Å²) < 4.78 is 34.6. The molecule has 0 aromatic heterocycles. The van der Waals surface area contributed by atoms with Crippen molar-refractivity contribution in [1.29, 1.82) is 0 Å². The maximum atomic E-state index is 12.3. The molecule has 2 aromatic rings. The van der Waals surface area contributed by atoms with Crippen molar-refractivity contribution >= 4 is 27.8 Å². The molecule has 0 radical (unpaired) electrons. The molecule has 8 heteroatoms. The van der Waals surface area contributed by atoms with E-state index in [2.05, 4.69) is 9.93 Å². The van der Waals surface area contributed by atoms with Crippen LogP contribution in [-0.4, -0.2) is 28.9 Å². The number of hydrogen-bond donors (Lipinski definition) is 1. The molecule has 0 aliphatic rings. The number of sulfonamides is 1. The number of nitrogens with zero attached hydrogens (tertiary/aromatic N) is 1. The minimum Gasteiger partial charge on any atom is -0.497 e. The fraction of sp³-hybridized carbons (Fsp3) is 0.133. The van der Waals surface area contributed by atoms with Crippen LogP contribution in [0.15, 0.2) is 52.5 Å². The predicted molar refractivity (Wildman–Crippen MR) is 88.9 cm³/mol. The van der Waals surface area contributed by atoms with Crippen LogP contribution in [0.5, 0.6) is 11.5 Å². The fourth-order valence-electron chi connectivity index (χ4n) is 1.77. The van der Waals surface area contributed by atoms with Crippen LogP contribution in [0.1, 0.15) is 5.56 Å². The highest BCUT2D eigenvalue weighted by Crippen LogP contribution is 2.26. The molecule has 0 atom stereocenters. The minimum atomic E-state index is -3.89. The Bertz CT molecular complexity index is 805. The molecular formula is C15H15ClN2O4S. The van der Waals surface area contributed by atoms with Crippen molar-refractivity contribution in [2.45, 2.75) is 4.90 Å². The van der Waals surface area contributed by atoms with Gasteiger partial charge in [0.05, 0.1) is 20.4 Å². The van der Waals surface area contributed by atoms with E-state index in [1.54, 1.807) is 37.4 Å². The molecule has 0 aliphatic heterocycles. The number of nitrogens with one attached hydrogen (secondary N) is 1. The minimum absolute atomic E-state index is 0.0839. The van der Waals surface area contributed by atoms with Crippen LogP contribution in [0.2, 0.25) is 5.02 Å². The molecule has 0 saturated heterocycles. The molecule has 0 heterocycles. The molecule has 0 bridgehead atoms. The molecule has 0 unspecified atom stereocenters. The van der Waals surface area contributed by atoms with E-state index in [0.29, 0.717) is 11.3 Å². The average Bonchev–Trinajstić information content (AvgIpc) is 2.55. The molecule has 23 heavy (non-hydrogen) atoms. The van der Waals surface area contributed by atoms with E-state index in [1.807, 2.05) is 0 Å². The summed E-state index contributed by atoms with van der Waals surface area (Å²) in [6.45, 7) is 0. The standard InChI is InChI=1S/C15H15ClN2O4S/c1-21-13-6-3-11(4-7-13)10-17-18-23(19,20)15-9-12(16)5-8-14(15)22-2/h3-10,18H,1-2H3/b17-10+. The number of ether oxygens (including phenoxy) is 2. The van der Waals surface area contributed by atoms with Gasteiger partial charge in [0.25, 0.3) is 10.0 Å². The van der Waals surface area contributed by atoms with Gasteiger partial charge in [0.1, 0.15) is 16.4 Å². The zero-order valence-electron chi connectivity index (χ0n) is 12.5. The number of halogens is 1. The lowest BCUT2D eigenvalue weighted by Crippen LogP contribution is -2.19. The lowest BCUT2D eigenvalue weighted by molar-refractivity contribution is 0.402. The van der Waals surface area contributed by atoms with Crippen LogP contribution < -0.4 is 14.3 Å². The smallest absolute Gasteiger partial charge is 0.280 e. The normalized spacial score (nSPS) is 11.4. The maximum Gasteiger partial charge on any atom is 0.280 e. The largest absolute Gasteiger partial charge is 0.497 e.